The summed E-state index contributed by atoms with van der Waals surface area (Å²) in [6, 6.07) is 14.2. The number of aryl methyl sites for hydroxylation is 2. The zero-order valence-electron chi connectivity index (χ0n) is 16.3. The normalized spacial score (nSPS) is 16.7. The summed E-state index contributed by atoms with van der Waals surface area (Å²) in [5, 5.41) is 4.20. The SMILES string of the molecule is Cc1ccc(N2CC(C(=O)NCCc3c[nH]c4ccccc34)CC2=O)c(C)c1. The number of para-hydroxylation sites is 1. The van der Waals surface area contributed by atoms with E-state index in [0.717, 1.165) is 23.2 Å². The summed E-state index contributed by atoms with van der Waals surface area (Å²) in [4.78, 5) is 30.1. The maximum atomic E-state index is 12.6. The lowest BCUT2D eigenvalue weighted by atomic mass is 10.1. The zero-order valence-corrected chi connectivity index (χ0v) is 16.3. The van der Waals surface area contributed by atoms with Crippen molar-refractivity contribution in [3.8, 4) is 0 Å². The monoisotopic (exact) mass is 375 g/mol. The number of nitrogens with one attached hydrogen (secondary N) is 2. The Morgan fingerprint density at radius 1 is 1.21 bits per heavy atom. The van der Waals surface area contributed by atoms with E-state index in [9.17, 15) is 9.59 Å². The van der Waals surface area contributed by atoms with E-state index >= 15 is 0 Å². The molecule has 1 aliphatic rings. The lowest BCUT2D eigenvalue weighted by Crippen LogP contribution is -2.34. The number of aromatic nitrogens is 1. The number of hydrogen-bond acceptors (Lipinski definition) is 2. The number of benzene rings is 2. The van der Waals surface area contributed by atoms with Crippen LogP contribution in [0.1, 0.15) is 23.1 Å². The van der Waals surface area contributed by atoms with Gasteiger partial charge in [-0.15, -0.1) is 0 Å². The Hall–Kier alpha value is -3.08. The van der Waals surface area contributed by atoms with Crippen LogP contribution in [0.4, 0.5) is 5.69 Å². The fourth-order valence-electron chi connectivity index (χ4n) is 4.03. The topological polar surface area (TPSA) is 65.2 Å². The number of aromatic amines is 1. The van der Waals surface area contributed by atoms with E-state index in [-0.39, 0.29) is 24.2 Å². The van der Waals surface area contributed by atoms with E-state index in [1.807, 2.05) is 50.4 Å². The first-order valence-electron chi connectivity index (χ1n) is 9.73. The van der Waals surface area contributed by atoms with Gasteiger partial charge in [-0.3, -0.25) is 9.59 Å². The van der Waals surface area contributed by atoms with Crippen molar-refractivity contribution in [2.45, 2.75) is 26.7 Å². The molecule has 1 unspecified atom stereocenters. The van der Waals surface area contributed by atoms with Crippen molar-refractivity contribution in [1.82, 2.24) is 10.3 Å². The Morgan fingerprint density at radius 2 is 2.04 bits per heavy atom. The number of anilines is 1. The molecule has 144 valence electrons. The summed E-state index contributed by atoms with van der Waals surface area (Å²) in [5.41, 5.74) is 5.43. The standard InChI is InChI=1S/C23H25N3O2/c1-15-7-8-21(16(2)11-15)26-14-18(12-22(26)27)23(28)24-10-9-17-13-25-20-6-4-3-5-19(17)20/h3-8,11,13,18,25H,9-10,12,14H2,1-2H3,(H,24,28). The number of fused-ring (bicyclic) bond motifs is 1. The summed E-state index contributed by atoms with van der Waals surface area (Å²) in [6.45, 7) is 5.05. The highest BCUT2D eigenvalue weighted by Gasteiger charge is 2.35. The van der Waals surface area contributed by atoms with E-state index in [1.54, 1.807) is 4.90 Å². The molecule has 2 aromatic carbocycles. The zero-order chi connectivity index (χ0) is 19.7. The van der Waals surface area contributed by atoms with Crippen LogP contribution in [0.15, 0.2) is 48.7 Å². The van der Waals surface area contributed by atoms with Crippen molar-refractivity contribution < 1.29 is 9.59 Å². The smallest absolute Gasteiger partial charge is 0.227 e. The molecule has 0 saturated carbocycles. The van der Waals surface area contributed by atoms with Gasteiger partial charge in [0.15, 0.2) is 0 Å². The number of hydrogen-bond donors (Lipinski definition) is 2. The lowest BCUT2D eigenvalue weighted by Gasteiger charge is -2.19. The Bertz CT molecular complexity index is 1040. The van der Waals surface area contributed by atoms with Gasteiger partial charge in [-0.05, 0) is 43.5 Å². The van der Waals surface area contributed by atoms with Gasteiger partial charge in [-0.25, -0.2) is 0 Å². The van der Waals surface area contributed by atoms with Crippen LogP contribution >= 0.6 is 0 Å². The van der Waals surface area contributed by atoms with Crippen LogP contribution in [0.5, 0.6) is 0 Å². The third-order valence-corrected chi connectivity index (χ3v) is 5.51. The van der Waals surface area contributed by atoms with Gasteiger partial charge in [-0.1, -0.05) is 35.9 Å². The fraction of sp³-hybridized carbons (Fsp3) is 0.304. The van der Waals surface area contributed by atoms with E-state index in [2.05, 4.69) is 22.4 Å². The van der Waals surface area contributed by atoms with E-state index in [1.165, 1.54) is 16.5 Å². The Labute approximate surface area is 164 Å². The van der Waals surface area contributed by atoms with E-state index < -0.39 is 0 Å². The highest BCUT2D eigenvalue weighted by Crippen LogP contribution is 2.28. The number of carbonyl (C=O) groups is 2. The van der Waals surface area contributed by atoms with Crippen LogP contribution in [0.3, 0.4) is 0 Å². The number of H-pyrrole nitrogens is 1. The summed E-state index contributed by atoms with van der Waals surface area (Å²) in [7, 11) is 0. The van der Waals surface area contributed by atoms with Crippen molar-refractivity contribution in [3.05, 3.63) is 65.4 Å². The average molecular weight is 375 g/mol. The first-order chi connectivity index (χ1) is 13.5. The molecule has 1 saturated heterocycles. The molecule has 0 radical (unpaired) electrons. The van der Waals surface area contributed by atoms with Crippen molar-refractivity contribution in [1.29, 1.82) is 0 Å². The average Bonchev–Trinajstić information content (AvgIpc) is 3.26. The first-order valence-corrected chi connectivity index (χ1v) is 9.73. The Morgan fingerprint density at radius 3 is 2.86 bits per heavy atom. The second-order valence-electron chi connectivity index (χ2n) is 7.60. The molecule has 2 N–H and O–H groups in total. The van der Waals surface area contributed by atoms with Crippen molar-refractivity contribution in [2.75, 3.05) is 18.0 Å². The van der Waals surface area contributed by atoms with Gasteiger partial charge in [0.05, 0.1) is 5.92 Å². The van der Waals surface area contributed by atoms with Crippen molar-refractivity contribution in [2.24, 2.45) is 5.92 Å². The summed E-state index contributed by atoms with van der Waals surface area (Å²) < 4.78 is 0. The van der Waals surface area contributed by atoms with Crippen LogP contribution in [0, 0.1) is 19.8 Å². The molecule has 2 heterocycles. The van der Waals surface area contributed by atoms with E-state index in [0.29, 0.717) is 13.1 Å². The minimum absolute atomic E-state index is 0.0173. The van der Waals surface area contributed by atoms with Crippen LogP contribution in [0.25, 0.3) is 10.9 Å². The second-order valence-corrected chi connectivity index (χ2v) is 7.60. The molecule has 1 fully saturated rings. The second kappa shape index (κ2) is 7.50. The van der Waals surface area contributed by atoms with Crippen LogP contribution in [-0.4, -0.2) is 29.9 Å². The third-order valence-electron chi connectivity index (χ3n) is 5.51. The summed E-state index contributed by atoms with van der Waals surface area (Å²) in [6.07, 6.45) is 3.03. The molecule has 3 aromatic rings. The van der Waals surface area contributed by atoms with Gasteiger partial charge >= 0.3 is 0 Å². The number of nitrogens with zero attached hydrogens (tertiary/aromatic N) is 1. The minimum Gasteiger partial charge on any atom is -0.361 e. The highest BCUT2D eigenvalue weighted by molar-refractivity contribution is 6.00. The highest BCUT2D eigenvalue weighted by atomic mass is 16.2. The fourth-order valence-corrected chi connectivity index (χ4v) is 4.03. The summed E-state index contributed by atoms with van der Waals surface area (Å²) in [5.74, 6) is -0.319. The minimum atomic E-state index is -0.295. The van der Waals surface area contributed by atoms with E-state index in [4.69, 9.17) is 0 Å². The quantitative estimate of drug-likeness (QED) is 0.717. The predicted octanol–water partition coefficient (Wildman–Crippen LogP) is 3.50. The molecular weight excluding hydrogens is 350 g/mol. The van der Waals surface area contributed by atoms with Gasteiger partial charge in [0.2, 0.25) is 11.8 Å². The number of amides is 2. The predicted molar refractivity (Wildman–Crippen MR) is 111 cm³/mol. The molecule has 4 rings (SSSR count). The van der Waals surface area contributed by atoms with Crippen molar-refractivity contribution >= 4 is 28.4 Å². The lowest BCUT2D eigenvalue weighted by molar-refractivity contribution is -0.126. The first kappa shape index (κ1) is 18.3. The molecule has 5 heteroatoms. The molecule has 2 amide bonds. The molecular formula is C23H25N3O2. The Kier molecular flexibility index (Phi) is 4.90. The molecule has 1 aromatic heterocycles. The maximum absolute atomic E-state index is 12.6. The van der Waals surface area contributed by atoms with Gasteiger partial charge in [0.1, 0.15) is 0 Å². The molecule has 0 aliphatic carbocycles. The van der Waals surface area contributed by atoms with Gasteiger partial charge in [0.25, 0.3) is 0 Å². The largest absolute Gasteiger partial charge is 0.361 e. The molecule has 0 spiro atoms. The number of carbonyl (C=O) groups excluding carboxylic acids is 2. The van der Waals surface area contributed by atoms with Gasteiger partial charge < -0.3 is 15.2 Å². The summed E-state index contributed by atoms with van der Waals surface area (Å²) >= 11 is 0. The molecule has 5 nitrogen and oxygen atoms in total. The van der Waals surface area contributed by atoms with Crippen LogP contribution in [0.2, 0.25) is 0 Å². The van der Waals surface area contributed by atoms with Crippen LogP contribution < -0.4 is 10.2 Å². The number of rotatable bonds is 5. The molecule has 0 bridgehead atoms. The molecule has 1 aliphatic heterocycles. The molecule has 28 heavy (non-hydrogen) atoms. The Balaban J connectivity index is 1.36. The maximum Gasteiger partial charge on any atom is 0.227 e. The van der Waals surface area contributed by atoms with Gasteiger partial charge in [0, 0.05) is 42.3 Å². The van der Waals surface area contributed by atoms with Crippen molar-refractivity contribution in [3.63, 3.8) is 0 Å². The molecule has 1 atom stereocenters. The third kappa shape index (κ3) is 3.52. The van der Waals surface area contributed by atoms with Gasteiger partial charge in [-0.2, -0.15) is 0 Å². The van der Waals surface area contributed by atoms with Crippen LogP contribution in [-0.2, 0) is 16.0 Å².